The zero-order valence-electron chi connectivity index (χ0n) is 18.2. The number of aryl methyl sites for hydroxylation is 1. The fourth-order valence-corrected chi connectivity index (χ4v) is 3.75. The van der Waals surface area contributed by atoms with Crippen LogP contribution >= 0.6 is 0 Å². The lowest BCUT2D eigenvalue weighted by molar-refractivity contribution is -0.139. The van der Waals surface area contributed by atoms with Gasteiger partial charge in [0.15, 0.2) is 0 Å². The van der Waals surface area contributed by atoms with E-state index in [2.05, 4.69) is 28.1 Å². The average molecular weight is 437 g/mol. The molecule has 1 fully saturated rings. The predicted molar refractivity (Wildman–Crippen MR) is 123 cm³/mol. The Labute approximate surface area is 187 Å². The lowest BCUT2D eigenvalue weighted by Gasteiger charge is -2.29. The first-order chi connectivity index (χ1) is 15.3. The molecule has 1 aliphatic rings. The molecule has 8 nitrogen and oxygen atoms in total. The zero-order chi connectivity index (χ0) is 23.1. The molecule has 8 heteroatoms. The van der Waals surface area contributed by atoms with Gasteiger partial charge in [0.2, 0.25) is 0 Å². The van der Waals surface area contributed by atoms with Gasteiger partial charge in [0, 0.05) is 23.0 Å². The number of carbonyl (C=O) groups excluding carboxylic acids is 2. The van der Waals surface area contributed by atoms with E-state index in [1.165, 1.54) is 18.3 Å². The van der Waals surface area contributed by atoms with Gasteiger partial charge < -0.3 is 15.7 Å². The molecular weight excluding hydrogens is 408 g/mol. The molecule has 0 bridgehead atoms. The highest BCUT2D eigenvalue weighted by Gasteiger charge is 2.25. The van der Waals surface area contributed by atoms with E-state index in [1.54, 1.807) is 6.07 Å². The normalized spacial score (nSPS) is 18.2. The van der Waals surface area contributed by atoms with Crippen molar-refractivity contribution in [3.63, 3.8) is 0 Å². The van der Waals surface area contributed by atoms with Crippen LogP contribution in [0, 0.1) is 12.8 Å². The van der Waals surface area contributed by atoms with Gasteiger partial charge in [-0.3, -0.25) is 9.59 Å². The van der Waals surface area contributed by atoms with E-state index < -0.39 is 17.8 Å². The molecule has 0 unspecified atom stereocenters. The van der Waals surface area contributed by atoms with Crippen LogP contribution in [-0.4, -0.2) is 35.1 Å². The number of carboxylic acid groups (broad SMARTS) is 1. The number of hydrogen-bond acceptors (Lipinski definition) is 5. The van der Waals surface area contributed by atoms with E-state index in [1.807, 2.05) is 31.2 Å². The highest BCUT2D eigenvalue weighted by atomic mass is 16.4. The molecule has 2 aromatic carbocycles. The SMILES string of the molecule is Cc1ccccc1Nc1ccc(C(=O)O)cc1/C=N\NC(=O)C(=O)N[C@H]1CCCC[C@H]1C. The average Bonchev–Trinajstić information content (AvgIpc) is 2.77. The van der Waals surface area contributed by atoms with Crippen LogP contribution in [0.4, 0.5) is 11.4 Å². The van der Waals surface area contributed by atoms with Crippen molar-refractivity contribution >= 4 is 35.4 Å². The highest BCUT2D eigenvalue weighted by Crippen LogP contribution is 2.24. The second-order valence-electron chi connectivity index (χ2n) is 8.09. The van der Waals surface area contributed by atoms with Crippen LogP contribution in [0.3, 0.4) is 0 Å². The van der Waals surface area contributed by atoms with E-state index in [0.717, 1.165) is 36.9 Å². The molecule has 1 saturated carbocycles. The fraction of sp³-hybridized carbons (Fsp3) is 0.333. The first-order valence-corrected chi connectivity index (χ1v) is 10.7. The molecule has 0 spiro atoms. The van der Waals surface area contributed by atoms with E-state index in [0.29, 0.717) is 17.2 Å². The molecule has 3 rings (SSSR count). The third kappa shape index (κ3) is 5.94. The summed E-state index contributed by atoms with van der Waals surface area (Å²) < 4.78 is 0. The minimum atomic E-state index is -1.08. The van der Waals surface area contributed by atoms with E-state index in [9.17, 15) is 19.5 Å². The van der Waals surface area contributed by atoms with Crippen molar-refractivity contribution in [1.82, 2.24) is 10.7 Å². The Hall–Kier alpha value is -3.68. The van der Waals surface area contributed by atoms with E-state index in [4.69, 9.17) is 0 Å². The molecular formula is C24H28N4O4. The van der Waals surface area contributed by atoms with Crippen LogP contribution in [0.15, 0.2) is 47.6 Å². The van der Waals surface area contributed by atoms with Gasteiger partial charge in [-0.25, -0.2) is 10.2 Å². The summed E-state index contributed by atoms with van der Waals surface area (Å²) >= 11 is 0. The van der Waals surface area contributed by atoms with Crippen molar-refractivity contribution < 1.29 is 19.5 Å². The van der Waals surface area contributed by atoms with Crippen molar-refractivity contribution in [1.29, 1.82) is 0 Å². The Kier molecular flexibility index (Phi) is 7.59. The Morgan fingerprint density at radius 1 is 1.03 bits per heavy atom. The van der Waals surface area contributed by atoms with Gasteiger partial charge in [-0.05, 0) is 55.5 Å². The molecule has 2 amide bonds. The van der Waals surface area contributed by atoms with Crippen LogP contribution in [0.25, 0.3) is 0 Å². The second kappa shape index (κ2) is 10.6. The first kappa shape index (κ1) is 23.0. The number of anilines is 2. The van der Waals surface area contributed by atoms with Crippen LogP contribution in [0.5, 0.6) is 0 Å². The van der Waals surface area contributed by atoms with Gasteiger partial charge in [-0.15, -0.1) is 0 Å². The van der Waals surface area contributed by atoms with Gasteiger partial charge in [-0.1, -0.05) is 38.0 Å². The maximum absolute atomic E-state index is 12.2. The quantitative estimate of drug-likeness (QED) is 0.313. The highest BCUT2D eigenvalue weighted by molar-refractivity contribution is 6.35. The zero-order valence-corrected chi connectivity index (χ0v) is 18.2. The standard InChI is InChI=1S/C24H28N4O4/c1-15-7-3-5-9-19(15)26-21-12-11-17(24(31)32)13-18(21)14-25-28-23(30)22(29)27-20-10-6-4-8-16(20)2/h3,5,7,9,11-14,16,20,26H,4,6,8,10H2,1-2H3,(H,27,29)(H,28,30)(H,31,32)/b25-14-/t16-,20+/m1/s1. The number of nitrogens with one attached hydrogen (secondary N) is 3. The number of benzene rings is 2. The summed E-state index contributed by atoms with van der Waals surface area (Å²) in [7, 11) is 0. The number of nitrogens with zero attached hydrogens (tertiary/aromatic N) is 1. The molecule has 0 aliphatic heterocycles. The number of para-hydroxylation sites is 1. The van der Waals surface area contributed by atoms with Crippen LogP contribution < -0.4 is 16.1 Å². The number of aromatic carboxylic acids is 1. The van der Waals surface area contributed by atoms with Crippen LogP contribution in [-0.2, 0) is 9.59 Å². The van der Waals surface area contributed by atoms with Crippen molar-refractivity contribution in [2.45, 2.75) is 45.6 Å². The number of amides is 2. The monoisotopic (exact) mass is 436 g/mol. The van der Waals surface area contributed by atoms with E-state index in [-0.39, 0.29) is 11.6 Å². The van der Waals surface area contributed by atoms with Crippen molar-refractivity contribution in [2.75, 3.05) is 5.32 Å². The number of hydrazone groups is 1. The van der Waals surface area contributed by atoms with Crippen LogP contribution in [0.1, 0.15) is 54.1 Å². The van der Waals surface area contributed by atoms with Gasteiger partial charge in [0.05, 0.1) is 11.8 Å². The molecule has 2 atom stereocenters. The third-order valence-corrected chi connectivity index (χ3v) is 5.72. The Bertz CT molecular complexity index is 1030. The minimum absolute atomic E-state index is 0.0110. The molecule has 0 heterocycles. The van der Waals surface area contributed by atoms with Crippen molar-refractivity contribution in [3.8, 4) is 0 Å². The Morgan fingerprint density at radius 2 is 1.78 bits per heavy atom. The Morgan fingerprint density at radius 3 is 2.50 bits per heavy atom. The van der Waals surface area contributed by atoms with E-state index >= 15 is 0 Å². The lowest BCUT2D eigenvalue weighted by atomic mass is 9.86. The fourth-order valence-electron chi connectivity index (χ4n) is 3.75. The summed E-state index contributed by atoms with van der Waals surface area (Å²) in [6.07, 6.45) is 5.38. The summed E-state index contributed by atoms with van der Waals surface area (Å²) in [6.45, 7) is 4.02. The number of carboxylic acids is 1. The summed E-state index contributed by atoms with van der Waals surface area (Å²) in [4.78, 5) is 35.7. The maximum Gasteiger partial charge on any atom is 0.335 e. The number of hydrogen-bond donors (Lipinski definition) is 4. The number of carbonyl (C=O) groups is 3. The van der Waals surface area contributed by atoms with Gasteiger partial charge in [-0.2, -0.15) is 5.10 Å². The summed E-state index contributed by atoms with van der Waals surface area (Å²) in [6, 6.07) is 12.2. The topological polar surface area (TPSA) is 120 Å². The second-order valence-corrected chi connectivity index (χ2v) is 8.09. The molecule has 0 saturated heterocycles. The predicted octanol–water partition coefficient (Wildman–Crippen LogP) is 3.58. The minimum Gasteiger partial charge on any atom is -0.478 e. The smallest absolute Gasteiger partial charge is 0.335 e. The van der Waals surface area contributed by atoms with Gasteiger partial charge >= 0.3 is 17.8 Å². The Balaban J connectivity index is 1.70. The summed E-state index contributed by atoms with van der Waals surface area (Å²) in [5.41, 5.74) is 5.25. The lowest BCUT2D eigenvalue weighted by Crippen LogP contribution is -2.46. The summed E-state index contributed by atoms with van der Waals surface area (Å²) in [5, 5.41) is 19.2. The molecule has 2 aromatic rings. The van der Waals surface area contributed by atoms with Crippen molar-refractivity contribution in [2.24, 2.45) is 11.0 Å². The molecule has 32 heavy (non-hydrogen) atoms. The largest absolute Gasteiger partial charge is 0.478 e. The summed E-state index contributed by atoms with van der Waals surface area (Å²) in [5.74, 6) is -2.33. The number of rotatable bonds is 6. The molecule has 0 radical (unpaired) electrons. The van der Waals surface area contributed by atoms with Crippen LogP contribution in [0.2, 0.25) is 0 Å². The van der Waals surface area contributed by atoms with Gasteiger partial charge in [0.1, 0.15) is 0 Å². The molecule has 0 aromatic heterocycles. The molecule has 1 aliphatic carbocycles. The molecule has 168 valence electrons. The van der Waals surface area contributed by atoms with Gasteiger partial charge in [0.25, 0.3) is 0 Å². The maximum atomic E-state index is 12.2. The first-order valence-electron chi connectivity index (χ1n) is 10.7. The van der Waals surface area contributed by atoms with Crippen molar-refractivity contribution in [3.05, 3.63) is 59.2 Å². The third-order valence-electron chi connectivity index (χ3n) is 5.72. The molecule has 4 N–H and O–H groups in total.